The van der Waals surface area contributed by atoms with E-state index in [1.54, 1.807) is 23.6 Å². The van der Waals surface area contributed by atoms with E-state index in [1.807, 2.05) is 44.2 Å². The first kappa shape index (κ1) is 24.2. The highest BCUT2D eigenvalue weighted by molar-refractivity contribution is 14.1. The minimum Gasteiger partial charge on any atom is -0.493 e. The Kier molecular flexibility index (Phi) is 6.39. The van der Waals surface area contributed by atoms with Crippen LogP contribution in [0.3, 0.4) is 0 Å². The number of ether oxygens (including phenoxy) is 2. The number of aromatic nitrogens is 2. The Morgan fingerprint density at radius 3 is 2.56 bits per heavy atom. The molecule has 0 bridgehead atoms. The lowest BCUT2D eigenvalue weighted by molar-refractivity contribution is -0.384. The van der Waals surface area contributed by atoms with Crippen LogP contribution in [-0.4, -0.2) is 21.4 Å². The highest BCUT2D eigenvalue weighted by atomic mass is 127. The molecule has 5 rings (SSSR count). The number of rotatable bonds is 6. The molecule has 2 aromatic heterocycles. The predicted molar refractivity (Wildman–Crippen MR) is 148 cm³/mol. The van der Waals surface area contributed by atoms with Crippen molar-refractivity contribution in [1.29, 1.82) is 0 Å². The zero-order chi connectivity index (χ0) is 25.6. The number of hydrogen-bond donors (Lipinski definition) is 0. The molecule has 182 valence electrons. The van der Waals surface area contributed by atoms with Gasteiger partial charge in [-0.3, -0.25) is 14.9 Å². The average molecular weight is 613 g/mol. The number of non-ortho nitro benzene ring substituents is 1. The maximum Gasteiger partial charge on any atom is 0.274 e. The molecule has 3 aromatic carbocycles. The van der Waals surface area contributed by atoms with E-state index in [0.29, 0.717) is 21.0 Å². The van der Waals surface area contributed by atoms with Crippen LogP contribution >= 0.6 is 33.9 Å². The van der Waals surface area contributed by atoms with Crippen molar-refractivity contribution in [1.82, 2.24) is 9.38 Å². The summed E-state index contributed by atoms with van der Waals surface area (Å²) >= 11 is 3.52. The number of thiazole rings is 1. The first-order chi connectivity index (χ1) is 17.2. The first-order valence-corrected chi connectivity index (χ1v) is 12.8. The molecule has 0 atom stereocenters. The van der Waals surface area contributed by atoms with Crippen LogP contribution in [0.25, 0.3) is 22.1 Å². The summed E-state index contributed by atoms with van der Waals surface area (Å²) < 4.78 is 14.6. The molecule has 36 heavy (non-hydrogen) atoms. The van der Waals surface area contributed by atoms with Gasteiger partial charge in [-0.2, -0.15) is 0 Å². The topological polar surface area (TPSA) is 96.0 Å². The van der Waals surface area contributed by atoms with Crippen LogP contribution in [-0.2, 0) is 6.61 Å². The zero-order valence-corrected chi connectivity index (χ0v) is 22.5. The van der Waals surface area contributed by atoms with Crippen molar-refractivity contribution in [2.75, 3.05) is 7.11 Å². The molecule has 5 aromatic rings. The molecule has 0 amide bonds. The summed E-state index contributed by atoms with van der Waals surface area (Å²) in [6.07, 6.45) is 1.83. The van der Waals surface area contributed by atoms with Crippen molar-refractivity contribution < 1.29 is 14.4 Å². The van der Waals surface area contributed by atoms with Crippen molar-refractivity contribution in [2.24, 2.45) is 0 Å². The van der Waals surface area contributed by atoms with Gasteiger partial charge in [-0.05, 0) is 101 Å². The molecule has 0 N–H and O–H groups in total. The number of fused-ring (bicyclic) bond motifs is 3. The Hall–Kier alpha value is -3.51. The summed E-state index contributed by atoms with van der Waals surface area (Å²) in [6.45, 7) is 4.29. The molecule has 0 saturated carbocycles. The molecular weight excluding hydrogens is 593 g/mol. The van der Waals surface area contributed by atoms with Crippen LogP contribution in [0.5, 0.6) is 11.5 Å². The summed E-state index contributed by atoms with van der Waals surface area (Å²) in [4.78, 5) is 29.0. The maximum absolute atomic E-state index is 13.2. The lowest BCUT2D eigenvalue weighted by atomic mass is 10.1. The normalized spacial score (nSPS) is 11.9. The maximum atomic E-state index is 13.2. The van der Waals surface area contributed by atoms with Gasteiger partial charge in [0.25, 0.3) is 11.2 Å². The van der Waals surface area contributed by atoms with E-state index in [4.69, 9.17) is 9.47 Å². The molecule has 0 radical (unpaired) electrons. The standard InChI is InChI=1S/C26H20IN3O5S/c1-14-8-20-21(9-15(14)2)29-25(31)23(36-26(29)28-20)12-17-10-19(27)24(22(11-17)34-3)35-13-16-4-6-18(7-5-16)30(32)33/h4-12H,13H2,1-3H3/b23-12-. The van der Waals surface area contributed by atoms with Gasteiger partial charge in [0, 0.05) is 12.1 Å². The Morgan fingerprint density at radius 2 is 1.86 bits per heavy atom. The van der Waals surface area contributed by atoms with Gasteiger partial charge in [-0.1, -0.05) is 11.3 Å². The highest BCUT2D eigenvalue weighted by Crippen LogP contribution is 2.35. The second-order valence-electron chi connectivity index (χ2n) is 8.32. The van der Waals surface area contributed by atoms with Gasteiger partial charge >= 0.3 is 0 Å². The predicted octanol–water partition coefficient (Wildman–Crippen LogP) is 5.17. The Labute approximate surface area is 223 Å². The van der Waals surface area contributed by atoms with E-state index in [9.17, 15) is 14.9 Å². The third kappa shape index (κ3) is 4.42. The van der Waals surface area contributed by atoms with Crippen molar-refractivity contribution >= 4 is 61.7 Å². The van der Waals surface area contributed by atoms with Crippen LogP contribution in [0, 0.1) is 27.5 Å². The second kappa shape index (κ2) is 9.51. The lowest BCUT2D eigenvalue weighted by Gasteiger charge is -2.13. The highest BCUT2D eigenvalue weighted by Gasteiger charge is 2.15. The van der Waals surface area contributed by atoms with E-state index in [-0.39, 0.29) is 17.9 Å². The molecule has 0 unspecified atom stereocenters. The van der Waals surface area contributed by atoms with Gasteiger partial charge < -0.3 is 9.47 Å². The number of hydrogen-bond acceptors (Lipinski definition) is 7. The number of nitro benzene ring substituents is 1. The molecule has 0 aliphatic carbocycles. The monoisotopic (exact) mass is 613 g/mol. The Bertz CT molecular complexity index is 1760. The van der Waals surface area contributed by atoms with E-state index in [2.05, 4.69) is 27.6 Å². The number of nitrogens with zero attached hydrogens (tertiary/aromatic N) is 3. The SMILES string of the molecule is COc1cc(/C=c2\sc3nc4cc(C)c(C)cc4n3c2=O)cc(I)c1OCc1ccc([N+](=O)[O-])cc1. The molecule has 0 fully saturated rings. The molecular formula is C26H20IN3O5S. The fourth-order valence-corrected chi connectivity index (χ4v) is 5.67. The Morgan fingerprint density at radius 1 is 1.14 bits per heavy atom. The number of aryl methyl sites for hydroxylation is 2. The molecule has 0 saturated heterocycles. The third-order valence-electron chi connectivity index (χ3n) is 5.93. The van der Waals surface area contributed by atoms with Crippen molar-refractivity contribution in [3.05, 3.63) is 99.4 Å². The van der Waals surface area contributed by atoms with Gasteiger partial charge in [-0.15, -0.1) is 0 Å². The van der Waals surface area contributed by atoms with E-state index >= 15 is 0 Å². The van der Waals surface area contributed by atoms with Crippen LogP contribution < -0.4 is 19.6 Å². The van der Waals surface area contributed by atoms with Gasteiger partial charge in [-0.25, -0.2) is 9.38 Å². The van der Waals surface area contributed by atoms with Crippen LogP contribution in [0.4, 0.5) is 5.69 Å². The van der Waals surface area contributed by atoms with Gasteiger partial charge in [0.1, 0.15) is 6.61 Å². The van der Waals surface area contributed by atoms with Crippen LogP contribution in [0.15, 0.2) is 53.3 Å². The minimum absolute atomic E-state index is 0.0304. The molecule has 2 heterocycles. The summed E-state index contributed by atoms with van der Waals surface area (Å²) in [6, 6.07) is 14.0. The van der Waals surface area contributed by atoms with Gasteiger partial charge in [0.05, 0.1) is 31.2 Å². The second-order valence-corrected chi connectivity index (χ2v) is 10.5. The van der Waals surface area contributed by atoms with E-state index in [1.165, 1.54) is 23.5 Å². The minimum atomic E-state index is -0.436. The van der Waals surface area contributed by atoms with Gasteiger partial charge in [0.2, 0.25) is 0 Å². The van der Waals surface area contributed by atoms with E-state index < -0.39 is 4.92 Å². The van der Waals surface area contributed by atoms with E-state index in [0.717, 1.165) is 36.9 Å². The van der Waals surface area contributed by atoms with Crippen molar-refractivity contribution in [2.45, 2.75) is 20.5 Å². The summed E-state index contributed by atoms with van der Waals surface area (Å²) in [5.74, 6) is 1.09. The number of nitro groups is 1. The molecule has 0 aliphatic rings. The first-order valence-electron chi connectivity index (χ1n) is 10.9. The summed E-state index contributed by atoms with van der Waals surface area (Å²) in [5, 5.41) is 10.9. The third-order valence-corrected chi connectivity index (χ3v) is 7.70. The lowest BCUT2D eigenvalue weighted by Crippen LogP contribution is -2.22. The quantitative estimate of drug-likeness (QED) is 0.149. The summed E-state index contributed by atoms with van der Waals surface area (Å²) in [7, 11) is 1.56. The molecule has 0 spiro atoms. The van der Waals surface area contributed by atoms with Crippen LogP contribution in [0.2, 0.25) is 0 Å². The average Bonchev–Trinajstić information content (AvgIpc) is 3.34. The summed E-state index contributed by atoms with van der Waals surface area (Å²) in [5.41, 5.74) is 5.42. The fourth-order valence-electron chi connectivity index (χ4n) is 3.90. The molecule has 0 aliphatic heterocycles. The number of halogens is 1. The Balaban J connectivity index is 1.48. The van der Waals surface area contributed by atoms with Gasteiger partial charge in [0.15, 0.2) is 16.5 Å². The number of imidazole rings is 1. The molecule has 10 heteroatoms. The van der Waals surface area contributed by atoms with Crippen LogP contribution in [0.1, 0.15) is 22.3 Å². The van der Waals surface area contributed by atoms with Crippen molar-refractivity contribution in [3.8, 4) is 11.5 Å². The fraction of sp³-hybridized carbons (Fsp3) is 0.154. The molecule has 8 nitrogen and oxygen atoms in total. The largest absolute Gasteiger partial charge is 0.493 e. The number of methoxy groups -OCH3 is 1. The number of benzene rings is 3. The smallest absolute Gasteiger partial charge is 0.274 e. The zero-order valence-electron chi connectivity index (χ0n) is 19.6. The van der Waals surface area contributed by atoms with Crippen molar-refractivity contribution in [3.63, 3.8) is 0 Å².